The lowest BCUT2D eigenvalue weighted by atomic mass is 9.98. The molecule has 0 spiro atoms. The van der Waals surface area contributed by atoms with E-state index in [4.69, 9.17) is 4.74 Å². The van der Waals surface area contributed by atoms with Gasteiger partial charge in [0.25, 0.3) is 0 Å². The number of hydrogen-bond acceptors (Lipinski definition) is 5. The molecule has 1 rings (SSSR count). The van der Waals surface area contributed by atoms with Gasteiger partial charge in [0.2, 0.25) is 10.0 Å². The molecule has 29 heavy (non-hydrogen) atoms. The lowest BCUT2D eigenvalue weighted by molar-refractivity contribution is 0.0474. The van der Waals surface area contributed by atoms with Crippen LogP contribution in [0.1, 0.15) is 47.5 Å². The summed E-state index contributed by atoms with van der Waals surface area (Å²) in [4.78, 5) is 16.2. The summed E-state index contributed by atoms with van der Waals surface area (Å²) in [5, 5.41) is 9.34. The largest absolute Gasteiger partial charge is 0.444 e. The number of carbonyl (C=O) groups excluding carboxylic acids is 1. The van der Waals surface area contributed by atoms with Crippen molar-refractivity contribution in [3.63, 3.8) is 0 Å². The van der Waals surface area contributed by atoms with Crippen LogP contribution in [-0.2, 0) is 14.8 Å². The molecule has 1 saturated heterocycles. The molecule has 0 aromatic rings. The Labute approximate surface area is 192 Å². The first-order chi connectivity index (χ1) is 12.7. The summed E-state index contributed by atoms with van der Waals surface area (Å²) in [6.45, 7) is 11.6. The monoisotopic (exact) mass is 547 g/mol. The number of amides is 1. The molecule has 0 saturated carbocycles. The van der Waals surface area contributed by atoms with E-state index >= 15 is 0 Å². The Kier molecular flexibility index (Phi) is 11.2. The maximum Gasteiger partial charge on any atom is 0.408 e. The molecular formula is C18H38IN5O4S. The molecule has 9 nitrogen and oxygen atoms in total. The predicted octanol–water partition coefficient (Wildman–Crippen LogP) is 1.74. The van der Waals surface area contributed by atoms with Gasteiger partial charge in [-0.1, -0.05) is 0 Å². The Bertz CT molecular complexity index is 654. The van der Waals surface area contributed by atoms with Crippen molar-refractivity contribution in [2.24, 2.45) is 10.9 Å². The maximum absolute atomic E-state index is 12.0. The molecule has 0 aromatic heterocycles. The number of aliphatic imine (C=N–C) groups is 1. The molecule has 11 heteroatoms. The minimum Gasteiger partial charge on any atom is -0.444 e. The third-order valence-corrected chi connectivity index (χ3v) is 5.66. The summed E-state index contributed by atoms with van der Waals surface area (Å²) in [5.41, 5.74) is -1.07. The third-order valence-electron chi connectivity index (χ3n) is 4.36. The van der Waals surface area contributed by atoms with Gasteiger partial charge in [-0.25, -0.2) is 17.5 Å². The number of piperidine rings is 1. The van der Waals surface area contributed by atoms with Gasteiger partial charge < -0.3 is 20.7 Å². The van der Waals surface area contributed by atoms with Crippen LogP contribution in [0.4, 0.5) is 4.79 Å². The van der Waals surface area contributed by atoms with Gasteiger partial charge >= 0.3 is 6.09 Å². The number of sulfonamides is 1. The van der Waals surface area contributed by atoms with Crippen molar-refractivity contribution in [2.45, 2.75) is 58.6 Å². The number of halogens is 1. The molecule has 0 aliphatic carbocycles. The van der Waals surface area contributed by atoms with E-state index in [-0.39, 0.29) is 24.0 Å². The van der Waals surface area contributed by atoms with Gasteiger partial charge in [0.1, 0.15) is 5.60 Å². The molecule has 172 valence electrons. The minimum absolute atomic E-state index is 0. The molecule has 1 amide bonds. The average Bonchev–Trinajstić information content (AvgIpc) is 2.52. The Morgan fingerprint density at radius 1 is 1.14 bits per heavy atom. The van der Waals surface area contributed by atoms with Crippen LogP contribution in [0, 0.1) is 5.92 Å². The average molecular weight is 548 g/mol. The van der Waals surface area contributed by atoms with Crippen molar-refractivity contribution in [1.82, 2.24) is 20.3 Å². The molecule has 0 aromatic carbocycles. The maximum atomic E-state index is 12.0. The molecule has 0 radical (unpaired) electrons. The summed E-state index contributed by atoms with van der Waals surface area (Å²) in [6.07, 6.45) is 2.44. The fourth-order valence-electron chi connectivity index (χ4n) is 2.84. The summed E-state index contributed by atoms with van der Waals surface area (Å²) in [5.74, 6) is 1.04. The first-order valence-corrected chi connectivity index (χ1v) is 11.5. The van der Waals surface area contributed by atoms with Crippen molar-refractivity contribution in [3.8, 4) is 0 Å². The number of nitrogens with zero attached hydrogens (tertiary/aromatic N) is 2. The van der Waals surface area contributed by atoms with E-state index < -0.39 is 27.3 Å². The molecule has 1 heterocycles. The van der Waals surface area contributed by atoms with Gasteiger partial charge in [0, 0.05) is 33.2 Å². The quantitative estimate of drug-likeness (QED) is 0.266. The van der Waals surface area contributed by atoms with E-state index in [2.05, 4.69) is 20.9 Å². The highest BCUT2D eigenvalue weighted by Gasteiger charge is 2.26. The van der Waals surface area contributed by atoms with Crippen LogP contribution in [0.5, 0.6) is 0 Å². The highest BCUT2D eigenvalue weighted by molar-refractivity contribution is 14.0. The van der Waals surface area contributed by atoms with Crippen LogP contribution in [-0.4, -0.2) is 75.4 Å². The van der Waals surface area contributed by atoms with Gasteiger partial charge in [-0.3, -0.25) is 4.99 Å². The zero-order valence-corrected chi connectivity index (χ0v) is 21.8. The highest BCUT2D eigenvalue weighted by atomic mass is 127. The van der Waals surface area contributed by atoms with Gasteiger partial charge in [-0.2, -0.15) is 0 Å². The van der Waals surface area contributed by atoms with Crippen LogP contribution in [0.3, 0.4) is 0 Å². The fourth-order valence-corrected chi connectivity index (χ4v) is 3.71. The molecule has 0 atom stereocenters. The number of nitrogens with one attached hydrogen (secondary N) is 3. The predicted molar refractivity (Wildman–Crippen MR) is 127 cm³/mol. The topological polar surface area (TPSA) is 112 Å². The number of alkyl carbamates (subject to hydrolysis) is 1. The molecule has 1 aliphatic rings. The van der Waals surface area contributed by atoms with E-state index in [1.54, 1.807) is 7.05 Å². The second-order valence-electron chi connectivity index (χ2n) is 8.92. The molecule has 1 aliphatic heterocycles. The lowest BCUT2D eigenvalue weighted by Crippen LogP contribution is -2.54. The Morgan fingerprint density at radius 3 is 2.14 bits per heavy atom. The van der Waals surface area contributed by atoms with Crippen molar-refractivity contribution in [2.75, 3.05) is 39.5 Å². The smallest absolute Gasteiger partial charge is 0.408 e. The third kappa shape index (κ3) is 11.8. The van der Waals surface area contributed by atoms with E-state index in [0.717, 1.165) is 19.4 Å². The van der Waals surface area contributed by atoms with Crippen LogP contribution < -0.4 is 16.0 Å². The number of rotatable bonds is 6. The number of guanidine groups is 1. The Hall–Kier alpha value is -0.820. The van der Waals surface area contributed by atoms with E-state index in [1.165, 1.54) is 10.6 Å². The van der Waals surface area contributed by atoms with Crippen LogP contribution in [0.15, 0.2) is 4.99 Å². The highest BCUT2D eigenvalue weighted by Crippen LogP contribution is 2.18. The standard InChI is InChI=1S/C18H37N5O4S.HI/c1-17(2,3)27-16(24)22-18(4,5)13-21-15(19-6)20-12-14-8-10-23(11-9-14)28(7,25)26;/h14H,8-13H2,1-7H3,(H,22,24)(H2,19,20,21);1H. The zero-order valence-electron chi connectivity index (χ0n) is 18.7. The number of carbonyl (C=O) groups is 1. The van der Waals surface area contributed by atoms with Crippen LogP contribution >= 0.6 is 24.0 Å². The van der Waals surface area contributed by atoms with E-state index in [1.807, 2.05) is 34.6 Å². The van der Waals surface area contributed by atoms with Gasteiger partial charge in [-0.15, -0.1) is 24.0 Å². The van der Waals surface area contributed by atoms with Crippen molar-refractivity contribution in [3.05, 3.63) is 0 Å². The van der Waals surface area contributed by atoms with Gasteiger partial charge in [-0.05, 0) is 53.4 Å². The van der Waals surface area contributed by atoms with Crippen molar-refractivity contribution in [1.29, 1.82) is 0 Å². The lowest BCUT2D eigenvalue weighted by Gasteiger charge is -2.31. The fraction of sp³-hybridized carbons (Fsp3) is 0.889. The molecule has 0 bridgehead atoms. The summed E-state index contributed by atoms with van der Waals surface area (Å²) in [7, 11) is -1.41. The molecule has 0 unspecified atom stereocenters. The Balaban J connectivity index is 0.00000784. The van der Waals surface area contributed by atoms with E-state index in [9.17, 15) is 13.2 Å². The second-order valence-corrected chi connectivity index (χ2v) is 10.9. The number of ether oxygens (including phenoxy) is 1. The van der Waals surface area contributed by atoms with Crippen molar-refractivity contribution >= 4 is 46.1 Å². The van der Waals surface area contributed by atoms with Crippen LogP contribution in [0.2, 0.25) is 0 Å². The van der Waals surface area contributed by atoms with E-state index in [0.29, 0.717) is 31.5 Å². The first-order valence-electron chi connectivity index (χ1n) is 9.63. The number of hydrogen-bond donors (Lipinski definition) is 3. The summed E-state index contributed by atoms with van der Waals surface area (Å²) >= 11 is 0. The van der Waals surface area contributed by atoms with Gasteiger partial charge in [0.05, 0.1) is 11.8 Å². The normalized spacial score (nSPS) is 17.3. The second kappa shape index (κ2) is 11.5. The zero-order chi connectivity index (χ0) is 21.6. The van der Waals surface area contributed by atoms with Crippen molar-refractivity contribution < 1.29 is 17.9 Å². The van der Waals surface area contributed by atoms with Gasteiger partial charge in [0.15, 0.2) is 5.96 Å². The molecular weight excluding hydrogens is 509 g/mol. The first kappa shape index (κ1) is 28.2. The summed E-state index contributed by atoms with van der Waals surface area (Å²) < 4.78 is 30.0. The van der Waals surface area contributed by atoms with Crippen LogP contribution in [0.25, 0.3) is 0 Å². The molecule has 1 fully saturated rings. The SMILES string of the molecule is CN=C(NCC1CCN(S(C)(=O)=O)CC1)NCC(C)(C)NC(=O)OC(C)(C)C.I. The Morgan fingerprint density at radius 2 is 1.69 bits per heavy atom. The molecule has 3 N–H and O–H groups in total. The summed E-state index contributed by atoms with van der Waals surface area (Å²) in [6, 6.07) is 0. The minimum atomic E-state index is -3.10.